The number of nitrogens with zero attached hydrogens (tertiary/aromatic N) is 3. The number of rotatable bonds is 8. The third-order valence-electron chi connectivity index (χ3n) is 4.76. The van der Waals surface area contributed by atoms with Crippen LogP contribution < -0.4 is 9.63 Å². The number of ether oxygens (including phenoxy) is 1. The molecule has 150 valence electrons. The third kappa shape index (κ3) is 5.62. The summed E-state index contributed by atoms with van der Waals surface area (Å²) in [5, 5.41) is 12.3. The van der Waals surface area contributed by atoms with Crippen LogP contribution >= 0.6 is 11.8 Å². The van der Waals surface area contributed by atoms with E-state index >= 15 is 0 Å². The molecule has 0 saturated carbocycles. The average Bonchev–Trinajstić information content (AvgIpc) is 3.20. The zero-order valence-electron chi connectivity index (χ0n) is 16.4. The molecule has 1 amide bonds. The Kier molecular flexibility index (Phi) is 7.17. The maximum atomic E-state index is 12.9. The third-order valence-corrected chi connectivity index (χ3v) is 5.76. The standard InChI is InChI=1S/C21H27N3O3S/c1-22(2)18-10-8-17(9-11-18)14-23(15-19-6-5-13-27-19)20(25)16-28-21-7-3-4-12-24(21)26/h3-4,7-12,19H,5-6,13-16H2,1-2H3/t19-/m1/s1. The van der Waals surface area contributed by atoms with Gasteiger partial charge in [0.1, 0.15) is 0 Å². The first-order valence-electron chi connectivity index (χ1n) is 9.49. The molecule has 7 heteroatoms. The van der Waals surface area contributed by atoms with Gasteiger partial charge in [-0.3, -0.25) is 4.79 Å². The van der Waals surface area contributed by atoms with Gasteiger partial charge in [0.15, 0.2) is 6.20 Å². The zero-order chi connectivity index (χ0) is 19.9. The number of benzene rings is 1. The van der Waals surface area contributed by atoms with Gasteiger partial charge in [0.25, 0.3) is 5.03 Å². The van der Waals surface area contributed by atoms with Crippen LogP contribution in [0.4, 0.5) is 5.69 Å². The molecule has 3 rings (SSSR count). The molecule has 0 unspecified atom stereocenters. The quantitative estimate of drug-likeness (QED) is 0.387. The first-order chi connectivity index (χ1) is 13.5. The molecule has 0 bridgehead atoms. The molecule has 1 aliphatic heterocycles. The number of carbonyl (C=O) groups excluding carboxylic acids is 1. The summed E-state index contributed by atoms with van der Waals surface area (Å²) in [6, 6.07) is 13.4. The molecule has 1 aliphatic rings. The number of aromatic nitrogens is 1. The van der Waals surface area contributed by atoms with Gasteiger partial charge >= 0.3 is 0 Å². The Morgan fingerprint density at radius 3 is 2.68 bits per heavy atom. The topological polar surface area (TPSA) is 59.7 Å². The average molecular weight is 402 g/mol. The van der Waals surface area contributed by atoms with Gasteiger partial charge in [-0.1, -0.05) is 12.1 Å². The second-order valence-corrected chi connectivity index (χ2v) is 8.12. The van der Waals surface area contributed by atoms with E-state index in [1.807, 2.05) is 23.9 Å². The summed E-state index contributed by atoms with van der Waals surface area (Å²) in [4.78, 5) is 16.8. The number of hydrogen-bond donors (Lipinski definition) is 0. The van der Waals surface area contributed by atoms with E-state index in [1.165, 1.54) is 18.0 Å². The molecule has 0 N–H and O–H groups in total. The van der Waals surface area contributed by atoms with Crippen molar-refractivity contribution in [2.75, 3.05) is 37.9 Å². The van der Waals surface area contributed by atoms with Gasteiger partial charge in [0, 0.05) is 51.6 Å². The highest BCUT2D eigenvalue weighted by molar-refractivity contribution is 7.99. The van der Waals surface area contributed by atoms with Crippen LogP contribution in [0.5, 0.6) is 0 Å². The monoisotopic (exact) mass is 401 g/mol. The lowest BCUT2D eigenvalue weighted by Crippen LogP contribution is -2.38. The predicted octanol–water partition coefficient (Wildman–Crippen LogP) is 2.69. The summed E-state index contributed by atoms with van der Waals surface area (Å²) >= 11 is 1.27. The normalized spacial score (nSPS) is 16.1. The van der Waals surface area contributed by atoms with Crippen LogP contribution in [0.3, 0.4) is 0 Å². The Labute approximate surface area is 170 Å². The summed E-state index contributed by atoms with van der Waals surface area (Å²) in [6.45, 7) is 1.89. The van der Waals surface area contributed by atoms with Crippen LogP contribution in [0.25, 0.3) is 0 Å². The van der Waals surface area contributed by atoms with Crippen molar-refractivity contribution in [2.24, 2.45) is 0 Å². The second-order valence-electron chi connectivity index (χ2n) is 7.12. The number of thioether (sulfide) groups is 1. The lowest BCUT2D eigenvalue weighted by Gasteiger charge is -2.26. The van der Waals surface area contributed by atoms with Crippen LogP contribution in [-0.4, -0.2) is 49.9 Å². The fourth-order valence-corrected chi connectivity index (χ4v) is 3.98. The first kappa shape index (κ1) is 20.5. The summed E-state index contributed by atoms with van der Waals surface area (Å²) in [7, 11) is 4.01. The highest BCUT2D eigenvalue weighted by atomic mass is 32.2. The number of pyridine rings is 1. The minimum atomic E-state index is 0.0149. The summed E-state index contributed by atoms with van der Waals surface area (Å²) in [5.74, 6) is 0.246. The van der Waals surface area contributed by atoms with Crippen LogP contribution in [-0.2, 0) is 16.1 Å². The van der Waals surface area contributed by atoms with E-state index in [-0.39, 0.29) is 17.8 Å². The number of carbonyl (C=O) groups is 1. The van der Waals surface area contributed by atoms with Crippen LogP contribution in [0.2, 0.25) is 0 Å². The Balaban J connectivity index is 1.66. The van der Waals surface area contributed by atoms with Crippen LogP contribution in [0.15, 0.2) is 53.7 Å². The molecule has 28 heavy (non-hydrogen) atoms. The fourth-order valence-electron chi connectivity index (χ4n) is 3.16. The molecular weight excluding hydrogens is 374 g/mol. The van der Waals surface area contributed by atoms with E-state index in [9.17, 15) is 10.0 Å². The summed E-state index contributed by atoms with van der Waals surface area (Å²) in [5.41, 5.74) is 2.21. The van der Waals surface area contributed by atoms with Gasteiger partial charge in [0.05, 0.1) is 11.9 Å². The lowest BCUT2D eigenvalue weighted by molar-refractivity contribution is -0.645. The minimum Gasteiger partial charge on any atom is -0.618 e. The molecule has 6 nitrogen and oxygen atoms in total. The summed E-state index contributed by atoms with van der Waals surface area (Å²) in [6.07, 6.45) is 3.56. The Morgan fingerprint density at radius 1 is 1.25 bits per heavy atom. The van der Waals surface area contributed by atoms with Crippen molar-refractivity contribution in [1.82, 2.24) is 4.90 Å². The molecule has 1 fully saturated rings. The maximum Gasteiger partial charge on any atom is 0.251 e. The minimum absolute atomic E-state index is 0.0149. The van der Waals surface area contributed by atoms with Crippen LogP contribution in [0.1, 0.15) is 18.4 Å². The summed E-state index contributed by atoms with van der Waals surface area (Å²) < 4.78 is 6.54. The van der Waals surface area contributed by atoms with Crippen molar-refractivity contribution in [3.63, 3.8) is 0 Å². The molecule has 1 saturated heterocycles. The van der Waals surface area contributed by atoms with Gasteiger partial charge in [-0.15, -0.1) is 0 Å². The smallest absolute Gasteiger partial charge is 0.251 e. The molecule has 2 aromatic rings. The van der Waals surface area contributed by atoms with Gasteiger partial charge in [-0.25, -0.2) is 0 Å². The highest BCUT2D eigenvalue weighted by Crippen LogP contribution is 2.19. The van der Waals surface area contributed by atoms with E-state index in [1.54, 1.807) is 18.2 Å². The highest BCUT2D eigenvalue weighted by Gasteiger charge is 2.23. The first-order valence-corrected chi connectivity index (χ1v) is 10.5. The van der Waals surface area contributed by atoms with Crippen LogP contribution in [0, 0.1) is 5.21 Å². The molecule has 1 aromatic carbocycles. The maximum absolute atomic E-state index is 12.9. The van der Waals surface area contributed by atoms with Gasteiger partial charge < -0.3 is 19.7 Å². The van der Waals surface area contributed by atoms with E-state index in [2.05, 4.69) is 24.3 Å². The lowest BCUT2D eigenvalue weighted by atomic mass is 10.1. The van der Waals surface area contributed by atoms with Crippen molar-refractivity contribution in [3.05, 3.63) is 59.4 Å². The largest absolute Gasteiger partial charge is 0.618 e. The zero-order valence-corrected chi connectivity index (χ0v) is 17.2. The predicted molar refractivity (Wildman–Crippen MR) is 111 cm³/mol. The molecule has 0 radical (unpaired) electrons. The van der Waals surface area contributed by atoms with Crippen molar-refractivity contribution in [3.8, 4) is 0 Å². The van der Waals surface area contributed by atoms with Crippen molar-refractivity contribution < 1.29 is 14.3 Å². The number of amides is 1. The van der Waals surface area contributed by atoms with Gasteiger partial charge in [-0.2, -0.15) is 4.73 Å². The van der Waals surface area contributed by atoms with E-state index < -0.39 is 0 Å². The van der Waals surface area contributed by atoms with Gasteiger partial charge in [0.2, 0.25) is 5.91 Å². The van der Waals surface area contributed by atoms with Gasteiger partial charge in [-0.05, 0) is 48.4 Å². The Bertz CT molecular complexity index is 777. The van der Waals surface area contributed by atoms with E-state index in [0.717, 1.165) is 35.4 Å². The fraction of sp³-hybridized carbons (Fsp3) is 0.429. The molecule has 1 aromatic heterocycles. The Hall–Kier alpha value is -2.25. The molecule has 1 atom stereocenters. The van der Waals surface area contributed by atoms with Crippen molar-refractivity contribution >= 4 is 23.4 Å². The molecule has 0 spiro atoms. The van der Waals surface area contributed by atoms with Crippen molar-refractivity contribution in [1.29, 1.82) is 0 Å². The molecule has 2 heterocycles. The van der Waals surface area contributed by atoms with Crippen molar-refractivity contribution in [2.45, 2.75) is 30.5 Å². The van der Waals surface area contributed by atoms with E-state index in [0.29, 0.717) is 18.1 Å². The molecule has 0 aliphatic carbocycles. The second kappa shape index (κ2) is 9.80. The number of hydrogen-bond acceptors (Lipinski definition) is 5. The molecular formula is C21H27N3O3S. The SMILES string of the molecule is CN(C)c1ccc(CN(C[C@H]2CCCO2)C(=O)CSc2cccc[n+]2[O-])cc1. The number of anilines is 1. The van der Waals surface area contributed by atoms with E-state index in [4.69, 9.17) is 4.74 Å². The Morgan fingerprint density at radius 2 is 2.04 bits per heavy atom.